The van der Waals surface area contributed by atoms with Gasteiger partial charge < -0.3 is 0 Å². The van der Waals surface area contributed by atoms with Crippen molar-refractivity contribution in [3.8, 4) is 0 Å². The highest BCUT2D eigenvalue weighted by atomic mass is 32.2. The molecule has 0 bridgehead atoms. The Kier molecular flexibility index (Phi) is 3.81. The third kappa shape index (κ3) is 3.25. The lowest BCUT2D eigenvalue weighted by Gasteiger charge is -2.14. The van der Waals surface area contributed by atoms with Crippen molar-refractivity contribution in [1.82, 2.24) is 14.6 Å². The zero-order valence-electron chi connectivity index (χ0n) is 12.0. The highest BCUT2D eigenvalue weighted by Crippen LogP contribution is 2.18. The maximum atomic E-state index is 12.3. The number of rotatable bonds is 5. The van der Waals surface area contributed by atoms with E-state index in [-0.39, 0.29) is 11.7 Å². The van der Waals surface area contributed by atoms with Gasteiger partial charge in [0.15, 0.2) is 5.65 Å². The van der Waals surface area contributed by atoms with Gasteiger partial charge in [-0.05, 0) is 23.6 Å². The fourth-order valence-electron chi connectivity index (χ4n) is 2.32. The van der Waals surface area contributed by atoms with E-state index in [0.717, 1.165) is 5.56 Å². The number of nitrogens with one attached hydrogen (secondary N) is 1. The third-order valence-electron chi connectivity index (χ3n) is 3.40. The fraction of sp³-hybridized carbons (Fsp3) is 0.200. The minimum Gasteiger partial charge on any atom is -0.287 e. The molecular weight excluding hydrogens is 300 g/mol. The highest BCUT2D eigenvalue weighted by molar-refractivity contribution is 7.92. The molecule has 0 aliphatic heterocycles. The van der Waals surface area contributed by atoms with Gasteiger partial charge in [0.2, 0.25) is 10.0 Å². The number of anilines is 1. The van der Waals surface area contributed by atoms with Crippen LogP contribution in [0.5, 0.6) is 0 Å². The first-order valence-corrected chi connectivity index (χ1v) is 8.53. The number of benzene rings is 1. The quantitative estimate of drug-likeness (QED) is 0.783. The van der Waals surface area contributed by atoms with Crippen LogP contribution in [0.15, 0.2) is 55.0 Å². The maximum Gasteiger partial charge on any atom is 0.233 e. The molecule has 0 unspecified atom stereocenters. The second-order valence-corrected chi connectivity index (χ2v) is 6.98. The summed E-state index contributed by atoms with van der Waals surface area (Å²) in [5, 5.41) is 7.64. The molecule has 1 N–H and O–H groups in total. The molecule has 0 saturated heterocycles. The van der Waals surface area contributed by atoms with Crippen LogP contribution >= 0.6 is 0 Å². The zero-order chi connectivity index (χ0) is 15.6. The van der Waals surface area contributed by atoms with Crippen LogP contribution in [0.3, 0.4) is 0 Å². The van der Waals surface area contributed by atoms with Crippen molar-refractivity contribution >= 4 is 21.4 Å². The average Bonchev–Trinajstić information content (AvgIpc) is 2.94. The number of fused-ring (bicyclic) bond motifs is 1. The molecule has 0 radical (unpaired) electrons. The van der Waals surface area contributed by atoms with Crippen molar-refractivity contribution in [2.75, 3.05) is 10.5 Å². The Hall–Kier alpha value is -2.41. The summed E-state index contributed by atoms with van der Waals surface area (Å²) in [6.45, 7) is 1.90. The normalized spacial score (nSPS) is 13.1. The molecule has 1 aromatic carbocycles. The van der Waals surface area contributed by atoms with Crippen LogP contribution in [0.4, 0.5) is 5.69 Å². The molecule has 0 saturated carbocycles. The predicted octanol–water partition coefficient (Wildman–Crippen LogP) is 2.27. The lowest BCUT2D eigenvalue weighted by molar-refractivity contribution is 0.595. The SMILES string of the molecule is C[C@@H](CS(=O)(=O)Nc1ccc2nncn2c1)c1ccccc1. The van der Waals surface area contributed by atoms with Gasteiger partial charge in [0.25, 0.3) is 0 Å². The van der Waals surface area contributed by atoms with Crippen molar-refractivity contribution in [3.63, 3.8) is 0 Å². The Balaban J connectivity index is 1.75. The molecule has 6 nitrogen and oxygen atoms in total. The number of nitrogens with zero attached hydrogens (tertiary/aromatic N) is 3. The molecule has 0 amide bonds. The molecule has 1 atom stereocenters. The first-order chi connectivity index (χ1) is 10.5. The monoisotopic (exact) mass is 316 g/mol. The fourth-order valence-corrected chi connectivity index (χ4v) is 3.73. The largest absolute Gasteiger partial charge is 0.287 e. The van der Waals surface area contributed by atoms with E-state index in [9.17, 15) is 8.42 Å². The molecule has 114 valence electrons. The van der Waals surface area contributed by atoms with Gasteiger partial charge in [-0.15, -0.1) is 10.2 Å². The molecule has 0 aliphatic rings. The standard InChI is InChI=1S/C15H16N4O2S/c1-12(13-5-3-2-4-6-13)10-22(20,21)18-14-7-8-15-17-16-11-19(15)9-14/h2-9,11-12,18H,10H2,1H3/t12-/m0/s1. The summed E-state index contributed by atoms with van der Waals surface area (Å²) in [6.07, 6.45) is 3.18. The number of aromatic nitrogens is 3. The maximum absolute atomic E-state index is 12.3. The van der Waals surface area contributed by atoms with Crippen LogP contribution in [0.2, 0.25) is 0 Å². The summed E-state index contributed by atoms with van der Waals surface area (Å²) in [6, 6.07) is 13.0. The van der Waals surface area contributed by atoms with E-state index in [1.807, 2.05) is 37.3 Å². The Morgan fingerprint density at radius 2 is 1.95 bits per heavy atom. The van der Waals surface area contributed by atoms with Crippen LogP contribution in [-0.2, 0) is 10.0 Å². The van der Waals surface area contributed by atoms with Gasteiger partial charge in [-0.3, -0.25) is 9.12 Å². The van der Waals surface area contributed by atoms with Gasteiger partial charge in [0.1, 0.15) is 6.33 Å². The Bertz CT molecular complexity index is 875. The van der Waals surface area contributed by atoms with Crippen LogP contribution in [0.1, 0.15) is 18.4 Å². The number of sulfonamides is 1. The van der Waals surface area contributed by atoms with Crippen molar-refractivity contribution in [3.05, 3.63) is 60.6 Å². The Labute approximate surface area is 128 Å². The van der Waals surface area contributed by atoms with Crippen LogP contribution in [0, 0.1) is 0 Å². The summed E-state index contributed by atoms with van der Waals surface area (Å²) < 4.78 is 28.9. The third-order valence-corrected chi connectivity index (χ3v) is 4.89. The van der Waals surface area contributed by atoms with Crippen molar-refractivity contribution in [1.29, 1.82) is 0 Å². The lowest BCUT2D eigenvalue weighted by atomic mass is 10.0. The van der Waals surface area contributed by atoms with Crippen molar-refractivity contribution < 1.29 is 8.42 Å². The summed E-state index contributed by atoms with van der Waals surface area (Å²) in [5.74, 6) is -0.0608. The molecule has 2 aromatic heterocycles. The molecule has 0 aliphatic carbocycles. The van der Waals surface area contributed by atoms with E-state index in [4.69, 9.17) is 0 Å². The van der Waals surface area contributed by atoms with Gasteiger partial charge in [0.05, 0.1) is 11.4 Å². The topological polar surface area (TPSA) is 76.4 Å². The highest BCUT2D eigenvalue weighted by Gasteiger charge is 2.17. The smallest absolute Gasteiger partial charge is 0.233 e. The van der Waals surface area contributed by atoms with Gasteiger partial charge in [-0.1, -0.05) is 37.3 Å². The molecule has 2 heterocycles. The number of pyridine rings is 1. The lowest BCUT2D eigenvalue weighted by Crippen LogP contribution is -2.20. The van der Waals surface area contributed by atoms with E-state index in [2.05, 4.69) is 14.9 Å². The van der Waals surface area contributed by atoms with E-state index in [1.165, 1.54) is 6.33 Å². The van der Waals surface area contributed by atoms with E-state index in [1.54, 1.807) is 22.7 Å². The van der Waals surface area contributed by atoms with Crippen LogP contribution in [-0.4, -0.2) is 28.8 Å². The molecule has 22 heavy (non-hydrogen) atoms. The molecule has 3 aromatic rings. The predicted molar refractivity (Wildman–Crippen MR) is 85.3 cm³/mol. The van der Waals surface area contributed by atoms with Crippen LogP contribution in [0.25, 0.3) is 5.65 Å². The average molecular weight is 316 g/mol. The molecule has 3 rings (SSSR count). The summed E-state index contributed by atoms with van der Waals surface area (Å²) in [4.78, 5) is 0. The second-order valence-electron chi connectivity index (χ2n) is 5.21. The summed E-state index contributed by atoms with van der Waals surface area (Å²) in [7, 11) is -3.44. The molecule has 0 spiro atoms. The zero-order valence-corrected chi connectivity index (χ0v) is 12.9. The molecular formula is C15H16N4O2S. The van der Waals surface area contributed by atoms with Crippen molar-refractivity contribution in [2.45, 2.75) is 12.8 Å². The van der Waals surface area contributed by atoms with Gasteiger partial charge in [-0.2, -0.15) is 0 Å². The van der Waals surface area contributed by atoms with Gasteiger partial charge in [0, 0.05) is 6.20 Å². The number of hydrogen-bond acceptors (Lipinski definition) is 4. The van der Waals surface area contributed by atoms with Crippen molar-refractivity contribution in [2.24, 2.45) is 0 Å². The Morgan fingerprint density at radius 3 is 2.73 bits per heavy atom. The summed E-state index contributed by atoms with van der Waals surface area (Å²) >= 11 is 0. The second kappa shape index (κ2) is 5.76. The van der Waals surface area contributed by atoms with Crippen LogP contribution < -0.4 is 4.72 Å². The van der Waals surface area contributed by atoms with Gasteiger partial charge >= 0.3 is 0 Å². The Morgan fingerprint density at radius 1 is 1.18 bits per heavy atom. The number of hydrogen-bond donors (Lipinski definition) is 1. The van der Waals surface area contributed by atoms with E-state index < -0.39 is 10.0 Å². The first kappa shape index (κ1) is 14.5. The minimum atomic E-state index is -3.44. The molecule has 7 heteroatoms. The van der Waals surface area contributed by atoms with E-state index in [0.29, 0.717) is 11.3 Å². The molecule has 0 fully saturated rings. The minimum absolute atomic E-state index is 0.0250. The summed E-state index contributed by atoms with van der Waals surface area (Å²) in [5.41, 5.74) is 2.16. The van der Waals surface area contributed by atoms with Gasteiger partial charge in [-0.25, -0.2) is 8.42 Å². The van der Waals surface area contributed by atoms with E-state index >= 15 is 0 Å². The first-order valence-electron chi connectivity index (χ1n) is 6.88.